The minimum atomic E-state index is -4.10. The average Bonchev–Trinajstić information content (AvgIpc) is 2.90. The van der Waals surface area contributed by atoms with Crippen molar-refractivity contribution in [1.82, 2.24) is 10.2 Å². The number of nitrogens with one attached hydrogen (secondary N) is 1. The number of sulfonamides is 1. The summed E-state index contributed by atoms with van der Waals surface area (Å²) in [5.74, 6) is -0.909. The second-order valence-corrected chi connectivity index (χ2v) is 11.6. The molecule has 7 nitrogen and oxygen atoms in total. The van der Waals surface area contributed by atoms with Gasteiger partial charge in [0.05, 0.1) is 10.6 Å². The lowest BCUT2D eigenvalue weighted by atomic mass is 10.1. The monoisotopic (exact) mass is 575 g/mol. The molecule has 3 aromatic carbocycles. The van der Waals surface area contributed by atoms with Crippen LogP contribution in [0.3, 0.4) is 0 Å². The predicted octanol–water partition coefficient (Wildman–Crippen LogP) is 5.44. The standard InChI is InChI=1S/C28H31Cl2N3O4S/c1-4-16-31-28(35)21(3)32(18-22-12-13-23(29)17-26(22)30)27(34)19-33(24-14-10-20(2)11-15-24)38(36,37)25-8-6-5-7-9-25/h5-15,17,21H,4,16,18-19H2,1-3H3,(H,31,35)/t21-/m0/s1. The van der Waals surface area contributed by atoms with Crippen LogP contribution in [0.5, 0.6) is 0 Å². The Morgan fingerprint density at radius 3 is 2.24 bits per heavy atom. The van der Waals surface area contributed by atoms with Gasteiger partial charge in [-0.1, -0.05) is 72.1 Å². The SMILES string of the molecule is CCCNC(=O)[C@H](C)N(Cc1ccc(Cl)cc1Cl)C(=O)CN(c1ccc(C)cc1)S(=O)(=O)c1ccccc1. The predicted molar refractivity (Wildman–Crippen MR) is 152 cm³/mol. The lowest BCUT2D eigenvalue weighted by molar-refractivity contribution is -0.139. The van der Waals surface area contributed by atoms with Crippen LogP contribution in [-0.4, -0.2) is 44.3 Å². The van der Waals surface area contributed by atoms with Gasteiger partial charge in [-0.05, 0) is 62.2 Å². The summed E-state index contributed by atoms with van der Waals surface area (Å²) in [5, 5.41) is 3.58. The van der Waals surface area contributed by atoms with E-state index in [1.165, 1.54) is 17.0 Å². The van der Waals surface area contributed by atoms with Crippen LogP contribution in [0.4, 0.5) is 5.69 Å². The highest BCUT2D eigenvalue weighted by molar-refractivity contribution is 7.92. The highest BCUT2D eigenvalue weighted by atomic mass is 35.5. The third-order valence-electron chi connectivity index (χ3n) is 6.00. The number of amides is 2. The molecule has 0 bridgehead atoms. The van der Waals surface area contributed by atoms with E-state index < -0.39 is 28.5 Å². The minimum Gasteiger partial charge on any atom is -0.354 e. The molecule has 1 N–H and O–H groups in total. The molecule has 0 spiro atoms. The van der Waals surface area contributed by atoms with Gasteiger partial charge in [-0.25, -0.2) is 8.42 Å². The minimum absolute atomic E-state index is 0.0112. The number of halogens is 2. The van der Waals surface area contributed by atoms with Gasteiger partial charge in [0.1, 0.15) is 12.6 Å². The highest BCUT2D eigenvalue weighted by Crippen LogP contribution is 2.26. The second kappa shape index (κ2) is 13.1. The van der Waals surface area contributed by atoms with Crippen LogP contribution < -0.4 is 9.62 Å². The van der Waals surface area contributed by atoms with Gasteiger partial charge < -0.3 is 10.2 Å². The summed E-state index contributed by atoms with van der Waals surface area (Å²) in [6.07, 6.45) is 0.728. The Morgan fingerprint density at radius 1 is 0.974 bits per heavy atom. The van der Waals surface area contributed by atoms with Crippen molar-refractivity contribution in [2.45, 2.75) is 44.7 Å². The van der Waals surface area contributed by atoms with Crippen LogP contribution in [0.15, 0.2) is 77.7 Å². The van der Waals surface area contributed by atoms with Crippen molar-refractivity contribution in [2.75, 3.05) is 17.4 Å². The maximum absolute atomic E-state index is 13.8. The fraction of sp³-hybridized carbons (Fsp3) is 0.286. The van der Waals surface area contributed by atoms with E-state index in [2.05, 4.69) is 5.32 Å². The zero-order valence-electron chi connectivity index (χ0n) is 21.5. The molecule has 0 aliphatic carbocycles. The molecule has 0 fully saturated rings. The van der Waals surface area contributed by atoms with Crippen molar-refractivity contribution in [1.29, 1.82) is 0 Å². The lowest BCUT2D eigenvalue weighted by Crippen LogP contribution is -2.51. The van der Waals surface area contributed by atoms with Gasteiger partial charge in [-0.2, -0.15) is 0 Å². The first-order valence-corrected chi connectivity index (χ1v) is 14.4. The number of hydrogen-bond acceptors (Lipinski definition) is 4. The molecule has 38 heavy (non-hydrogen) atoms. The largest absolute Gasteiger partial charge is 0.354 e. The van der Waals surface area contributed by atoms with Crippen molar-refractivity contribution in [3.8, 4) is 0 Å². The molecular formula is C28H31Cl2N3O4S. The molecule has 0 aliphatic heterocycles. The van der Waals surface area contributed by atoms with Gasteiger partial charge >= 0.3 is 0 Å². The van der Waals surface area contributed by atoms with Gasteiger partial charge in [0, 0.05) is 23.1 Å². The maximum Gasteiger partial charge on any atom is 0.264 e. The zero-order chi connectivity index (χ0) is 27.9. The van der Waals surface area contributed by atoms with Crippen molar-refractivity contribution in [3.63, 3.8) is 0 Å². The number of benzene rings is 3. The number of rotatable bonds is 11. The molecule has 0 unspecified atom stereocenters. The van der Waals surface area contributed by atoms with E-state index in [0.717, 1.165) is 16.3 Å². The van der Waals surface area contributed by atoms with Gasteiger partial charge in [0.25, 0.3) is 10.0 Å². The highest BCUT2D eigenvalue weighted by Gasteiger charge is 2.32. The first kappa shape index (κ1) is 29.5. The molecule has 202 valence electrons. The molecule has 0 radical (unpaired) electrons. The summed E-state index contributed by atoms with van der Waals surface area (Å²) in [6, 6.07) is 18.8. The molecule has 2 amide bonds. The number of carbonyl (C=O) groups is 2. The van der Waals surface area contributed by atoms with E-state index in [0.29, 0.717) is 27.8 Å². The second-order valence-electron chi connectivity index (χ2n) is 8.88. The van der Waals surface area contributed by atoms with E-state index in [1.807, 2.05) is 13.8 Å². The van der Waals surface area contributed by atoms with Crippen LogP contribution in [0.25, 0.3) is 0 Å². The molecule has 0 aliphatic rings. The molecule has 3 rings (SSSR count). The fourth-order valence-corrected chi connectivity index (χ4v) is 5.67. The Kier molecular flexibility index (Phi) is 10.2. The van der Waals surface area contributed by atoms with Crippen molar-refractivity contribution >= 4 is 50.7 Å². The van der Waals surface area contributed by atoms with Crippen LogP contribution in [0, 0.1) is 6.92 Å². The van der Waals surface area contributed by atoms with Crippen LogP contribution in [0.2, 0.25) is 10.0 Å². The number of aryl methyl sites for hydroxylation is 1. The molecule has 3 aromatic rings. The van der Waals surface area contributed by atoms with E-state index >= 15 is 0 Å². The average molecular weight is 577 g/mol. The first-order valence-electron chi connectivity index (χ1n) is 12.2. The maximum atomic E-state index is 13.8. The summed E-state index contributed by atoms with van der Waals surface area (Å²) in [5.41, 5.74) is 1.85. The van der Waals surface area contributed by atoms with Crippen molar-refractivity contribution < 1.29 is 18.0 Å². The summed E-state index contributed by atoms with van der Waals surface area (Å²) >= 11 is 12.4. The molecule has 0 saturated carbocycles. The third-order valence-corrected chi connectivity index (χ3v) is 8.38. The number of nitrogens with zero attached hydrogens (tertiary/aromatic N) is 2. The van der Waals surface area contributed by atoms with Crippen molar-refractivity contribution in [3.05, 3.63) is 94.0 Å². The summed E-state index contributed by atoms with van der Waals surface area (Å²) in [7, 11) is -4.10. The Morgan fingerprint density at radius 2 is 1.63 bits per heavy atom. The van der Waals surface area contributed by atoms with Crippen LogP contribution >= 0.6 is 23.2 Å². The smallest absolute Gasteiger partial charge is 0.264 e. The normalized spacial score (nSPS) is 12.0. The van der Waals surface area contributed by atoms with E-state index in [1.54, 1.807) is 67.6 Å². The molecule has 0 heterocycles. The van der Waals surface area contributed by atoms with Gasteiger partial charge in [-0.15, -0.1) is 0 Å². The number of hydrogen-bond donors (Lipinski definition) is 1. The molecule has 0 saturated heterocycles. The van der Waals surface area contributed by atoms with E-state index in [9.17, 15) is 18.0 Å². The van der Waals surface area contributed by atoms with Crippen LogP contribution in [0.1, 0.15) is 31.4 Å². The molecule has 1 atom stereocenters. The summed E-state index contributed by atoms with van der Waals surface area (Å²) in [6.45, 7) is 5.34. The fourth-order valence-electron chi connectivity index (χ4n) is 3.77. The molecule has 0 aromatic heterocycles. The Bertz CT molecular complexity index is 1370. The topological polar surface area (TPSA) is 86.8 Å². The molecular weight excluding hydrogens is 545 g/mol. The van der Waals surface area contributed by atoms with E-state index in [-0.39, 0.29) is 17.3 Å². The lowest BCUT2D eigenvalue weighted by Gasteiger charge is -2.32. The Labute approximate surface area is 234 Å². The van der Waals surface area contributed by atoms with Gasteiger partial charge in [0.15, 0.2) is 0 Å². The number of anilines is 1. The summed E-state index contributed by atoms with van der Waals surface area (Å²) < 4.78 is 28.5. The third kappa shape index (κ3) is 7.28. The van der Waals surface area contributed by atoms with E-state index in [4.69, 9.17) is 23.2 Å². The van der Waals surface area contributed by atoms with Crippen molar-refractivity contribution in [2.24, 2.45) is 0 Å². The summed E-state index contributed by atoms with van der Waals surface area (Å²) in [4.78, 5) is 28.1. The van der Waals surface area contributed by atoms with Gasteiger partial charge in [0.2, 0.25) is 11.8 Å². The van der Waals surface area contributed by atoms with Gasteiger partial charge in [-0.3, -0.25) is 13.9 Å². The van der Waals surface area contributed by atoms with Crippen LogP contribution in [-0.2, 0) is 26.2 Å². The quantitative estimate of drug-likeness (QED) is 0.330. The first-order chi connectivity index (χ1) is 18.0. The zero-order valence-corrected chi connectivity index (χ0v) is 23.9. The Balaban J connectivity index is 2.02. The molecule has 10 heteroatoms. The Hall–Kier alpha value is -3.07. The number of carbonyl (C=O) groups excluding carboxylic acids is 2.